The van der Waals surface area contributed by atoms with Crippen LogP contribution in [-0.2, 0) is 4.74 Å². The van der Waals surface area contributed by atoms with Gasteiger partial charge in [0.2, 0.25) is 0 Å². The van der Waals surface area contributed by atoms with Gasteiger partial charge in [-0.3, -0.25) is 4.90 Å². The summed E-state index contributed by atoms with van der Waals surface area (Å²) in [6, 6.07) is 0.661. The van der Waals surface area contributed by atoms with Crippen LogP contribution in [0.3, 0.4) is 0 Å². The van der Waals surface area contributed by atoms with Crippen LogP contribution < -0.4 is 0 Å². The van der Waals surface area contributed by atoms with Gasteiger partial charge in [-0.15, -0.1) is 0 Å². The molecule has 3 aliphatic rings. The van der Waals surface area contributed by atoms with E-state index in [4.69, 9.17) is 4.74 Å². The van der Waals surface area contributed by atoms with Crippen molar-refractivity contribution in [3.63, 3.8) is 0 Å². The molecule has 0 spiro atoms. The van der Waals surface area contributed by atoms with Crippen LogP contribution in [0.1, 0.15) is 19.3 Å². The number of nitrogens with zero attached hydrogens (tertiary/aromatic N) is 1. The SMILES string of the molecule is OCC1(CN2CC3CC2CO3)CC1. The molecule has 3 fully saturated rings. The van der Waals surface area contributed by atoms with Crippen molar-refractivity contribution in [1.29, 1.82) is 0 Å². The predicted molar refractivity (Wildman–Crippen MR) is 48.5 cm³/mol. The number of likely N-dealkylation sites (tertiary alicyclic amines) is 1. The molecule has 2 aliphatic heterocycles. The Bertz CT molecular complexity index is 215. The van der Waals surface area contributed by atoms with Crippen molar-refractivity contribution < 1.29 is 9.84 Å². The molecule has 2 saturated heterocycles. The Kier molecular flexibility index (Phi) is 1.70. The summed E-state index contributed by atoms with van der Waals surface area (Å²) in [6.45, 7) is 3.51. The molecule has 3 heteroatoms. The fourth-order valence-corrected chi connectivity index (χ4v) is 2.65. The van der Waals surface area contributed by atoms with Gasteiger partial charge >= 0.3 is 0 Å². The highest BCUT2D eigenvalue weighted by Crippen LogP contribution is 2.47. The Morgan fingerprint density at radius 3 is 2.77 bits per heavy atom. The van der Waals surface area contributed by atoms with E-state index in [1.165, 1.54) is 19.3 Å². The van der Waals surface area contributed by atoms with E-state index in [1.54, 1.807) is 0 Å². The second-order valence-electron chi connectivity index (χ2n) is 4.93. The molecule has 1 N–H and O–H groups in total. The highest BCUT2D eigenvalue weighted by Gasteiger charge is 2.48. The molecule has 3 nitrogen and oxygen atoms in total. The van der Waals surface area contributed by atoms with Crippen LogP contribution in [0.25, 0.3) is 0 Å². The van der Waals surface area contributed by atoms with Gasteiger partial charge in [-0.2, -0.15) is 0 Å². The van der Waals surface area contributed by atoms with Crippen LogP contribution in [0.4, 0.5) is 0 Å². The second kappa shape index (κ2) is 2.69. The van der Waals surface area contributed by atoms with E-state index < -0.39 is 0 Å². The molecule has 0 radical (unpaired) electrons. The smallest absolute Gasteiger partial charge is 0.0718 e. The fraction of sp³-hybridized carbons (Fsp3) is 1.00. The summed E-state index contributed by atoms with van der Waals surface area (Å²) >= 11 is 0. The zero-order valence-corrected chi connectivity index (χ0v) is 7.91. The van der Waals surface area contributed by atoms with Crippen molar-refractivity contribution in [3.05, 3.63) is 0 Å². The predicted octanol–water partition coefficient (Wildman–Crippen LogP) is 0.232. The fourth-order valence-electron chi connectivity index (χ4n) is 2.65. The second-order valence-corrected chi connectivity index (χ2v) is 4.93. The van der Waals surface area contributed by atoms with E-state index in [-0.39, 0.29) is 5.41 Å². The Morgan fingerprint density at radius 1 is 1.46 bits per heavy atom. The van der Waals surface area contributed by atoms with Crippen LogP contribution in [0, 0.1) is 5.41 Å². The number of rotatable bonds is 3. The van der Waals surface area contributed by atoms with Gasteiger partial charge in [0.15, 0.2) is 0 Å². The number of aliphatic hydroxyl groups is 1. The van der Waals surface area contributed by atoms with Crippen LogP contribution in [0.2, 0.25) is 0 Å². The minimum atomic E-state index is 0.282. The summed E-state index contributed by atoms with van der Waals surface area (Å²) in [6.07, 6.45) is 4.16. The van der Waals surface area contributed by atoms with E-state index in [0.717, 1.165) is 19.7 Å². The first-order valence-corrected chi connectivity index (χ1v) is 5.28. The third-order valence-corrected chi connectivity index (χ3v) is 3.84. The molecule has 2 atom stereocenters. The molecule has 2 unspecified atom stereocenters. The average Bonchev–Trinajstić information content (AvgIpc) is 2.62. The largest absolute Gasteiger partial charge is 0.396 e. The normalized spacial score (nSPS) is 41.3. The van der Waals surface area contributed by atoms with Gasteiger partial charge in [0.25, 0.3) is 0 Å². The standard InChI is InChI=1S/C10H17NO2/c12-7-10(1-2-10)6-11-4-9-3-8(11)5-13-9/h8-9,12H,1-7H2. The van der Waals surface area contributed by atoms with E-state index in [2.05, 4.69) is 4.90 Å². The summed E-state index contributed by atoms with van der Waals surface area (Å²) in [5, 5.41) is 9.23. The third-order valence-electron chi connectivity index (χ3n) is 3.84. The molecule has 0 aromatic rings. The number of morpholine rings is 1. The van der Waals surface area contributed by atoms with Gasteiger partial charge in [0.05, 0.1) is 12.7 Å². The average molecular weight is 183 g/mol. The van der Waals surface area contributed by atoms with Gasteiger partial charge in [-0.05, 0) is 19.3 Å². The first-order chi connectivity index (χ1) is 6.31. The molecule has 2 heterocycles. The first-order valence-electron chi connectivity index (χ1n) is 5.28. The minimum Gasteiger partial charge on any atom is -0.396 e. The highest BCUT2D eigenvalue weighted by molar-refractivity contribution is 5.00. The molecule has 1 saturated carbocycles. The number of ether oxygens (including phenoxy) is 1. The Balaban J connectivity index is 1.62. The van der Waals surface area contributed by atoms with E-state index >= 15 is 0 Å². The maximum atomic E-state index is 9.23. The molecular formula is C10H17NO2. The van der Waals surface area contributed by atoms with Crippen molar-refractivity contribution >= 4 is 0 Å². The molecule has 0 aromatic heterocycles. The van der Waals surface area contributed by atoms with Crippen LogP contribution in [0.15, 0.2) is 0 Å². The van der Waals surface area contributed by atoms with Crippen LogP contribution in [0.5, 0.6) is 0 Å². The highest BCUT2D eigenvalue weighted by atomic mass is 16.5. The lowest BCUT2D eigenvalue weighted by Crippen LogP contribution is -2.41. The molecule has 74 valence electrons. The van der Waals surface area contributed by atoms with E-state index in [0.29, 0.717) is 18.8 Å². The maximum absolute atomic E-state index is 9.23. The Hall–Kier alpha value is -0.120. The van der Waals surface area contributed by atoms with Crippen molar-refractivity contribution in [2.75, 3.05) is 26.3 Å². The molecule has 0 amide bonds. The molecule has 0 aromatic carbocycles. The Morgan fingerprint density at radius 2 is 2.31 bits per heavy atom. The van der Waals surface area contributed by atoms with Crippen LogP contribution in [-0.4, -0.2) is 48.5 Å². The third kappa shape index (κ3) is 1.30. The number of aliphatic hydroxyl groups excluding tert-OH is 1. The molecular weight excluding hydrogens is 166 g/mol. The van der Waals surface area contributed by atoms with Gasteiger partial charge in [-0.25, -0.2) is 0 Å². The number of hydrogen-bond donors (Lipinski definition) is 1. The lowest BCUT2D eigenvalue weighted by atomic mass is 10.1. The summed E-state index contributed by atoms with van der Waals surface area (Å²) in [4.78, 5) is 2.53. The topological polar surface area (TPSA) is 32.7 Å². The quantitative estimate of drug-likeness (QED) is 0.680. The van der Waals surface area contributed by atoms with E-state index in [9.17, 15) is 5.11 Å². The monoisotopic (exact) mass is 183 g/mol. The zero-order chi connectivity index (χ0) is 8.89. The Labute approximate surface area is 78.7 Å². The summed E-state index contributed by atoms with van der Waals surface area (Å²) in [5.41, 5.74) is 0.282. The van der Waals surface area contributed by atoms with Gasteiger partial charge < -0.3 is 9.84 Å². The first kappa shape index (κ1) is 8.21. The van der Waals surface area contributed by atoms with Crippen molar-refractivity contribution in [2.24, 2.45) is 5.41 Å². The number of fused-ring (bicyclic) bond motifs is 2. The van der Waals surface area contributed by atoms with Crippen molar-refractivity contribution in [2.45, 2.75) is 31.4 Å². The summed E-state index contributed by atoms with van der Waals surface area (Å²) in [5.74, 6) is 0. The summed E-state index contributed by atoms with van der Waals surface area (Å²) in [7, 11) is 0. The molecule has 1 aliphatic carbocycles. The zero-order valence-electron chi connectivity index (χ0n) is 7.91. The minimum absolute atomic E-state index is 0.282. The lowest BCUT2D eigenvalue weighted by Gasteiger charge is -2.29. The molecule has 3 rings (SSSR count). The van der Waals surface area contributed by atoms with Gasteiger partial charge in [0, 0.05) is 31.2 Å². The van der Waals surface area contributed by atoms with Crippen LogP contribution >= 0.6 is 0 Å². The van der Waals surface area contributed by atoms with E-state index in [1.807, 2.05) is 0 Å². The van der Waals surface area contributed by atoms with Crippen molar-refractivity contribution in [3.8, 4) is 0 Å². The van der Waals surface area contributed by atoms with Gasteiger partial charge in [0.1, 0.15) is 0 Å². The van der Waals surface area contributed by atoms with Gasteiger partial charge in [-0.1, -0.05) is 0 Å². The summed E-state index contributed by atoms with van der Waals surface area (Å²) < 4.78 is 5.55. The number of hydrogen-bond acceptors (Lipinski definition) is 3. The van der Waals surface area contributed by atoms with Crippen molar-refractivity contribution in [1.82, 2.24) is 4.90 Å². The molecule has 2 bridgehead atoms. The lowest BCUT2D eigenvalue weighted by molar-refractivity contribution is 0.0168. The molecule has 13 heavy (non-hydrogen) atoms. The maximum Gasteiger partial charge on any atom is 0.0718 e.